The van der Waals surface area contributed by atoms with E-state index in [1.807, 2.05) is 24.3 Å². The van der Waals surface area contributed by atoms with Gasteiger partial charge in [0, 0.05) is 53.3 Å². The van der Waals surface area contributed by atoms with Gasteiger partial charge in [-0.05, 0) is 18.2 Å². The zero-order valence-electron chi connectivity index (χ0n) is 15.8. The van der Waals surface area contributed by atoms with Crippen LogP contribution in [0.2, 0.25) is 0 Å². The molecule has 1 aromatic heterocycles. The lowest BCUT2D eigenvalue weighted by molar-refractivity contribution is -0.126. The minimum atomic E-state index is -2.99. The number of carbonyl (C=O) groups excluding carboxylic acids is 1. The molecule has 0 aliphatic carbocycles. The van der Waals surface area contributed by atoms with E-state index < -0.39 is 6.61 Å². The van der Waals surface area contributed by atoms with Crippen LogP contribution < -0.4 is 9.47 Å². The van der Waals surface area contributed by atoms with Crippen LogP contribution in [0, 0.1) is 0 Å². The molecule has 0 atom stereocenters. The van der Waals surface area contributed by atoms with Gasteiger partial charge < -0.3 is 19.4 Å². The predicted molar refractivity (Wildman–Crippen MR) is 106 cm³/mol. The summed E-state index contributed by atoms with van der Waals surface area (Å²) in [6, 6.07) is 12.8. The lowest BCUT2D eigenvalue weighted by Crippen LogP contribution is -2.34. The molecule has 0 saturated carbocycles. The van der Waals surface area contributed by atoms with E-state index in [0.717, 1.165) is 28.6 Å². The van der Waals surface area contributed by atoms with Crippen LogP contribution in [0.25, 0.3) is 17.0 Å². The van der Waals surface area contributed by atoms with Crippen molar-refractivity contribution in [3.8, 4) is 11.5 Å². The van der Waals surface area contributed by atoms with Crippen molar-refractivity contribution in [3.05, 3.63) is 65.4 Å². The molecule has 0 bridgehead atoms. The van der Waals surface area contributed by atoms with E-state index in [0.29, 0.717) is 18.7 Å². The summed E-state index contributed by atoms with van der Waals surface area (Å²) in [6.07, 6.45) is 3.60. The Balaban J connectivity index is 1.55. The number of benzene rings is 2. The Morgan fingerprint density at radius 3 is 2.83 bits per heavy atom. The second-order valence-electron chi connectivity index (χ2n) is 6.73. The Bertz CT molecular complexity index is 1080. The number of nitrogens with one attached hydrogen (secondary N) is 1. The molecule has 0 spiro atoms. The number of fused-ring (bicyclic) bond motifs is 3. The van der Waals surface area contributed by atoms with Crippen molar-refractivity contribution in [1.29, 1.82) is 0 Å². The third-order valence-corrected chi connectivity index (χ3v) is 5.04. The number of rotatable bonds is 5. The Labute approximate surface area is 166 Å². The maximum Gasteiger partial charge on any atom is 0.387 e. The van der Waals surface area contributed by atoms with Crippen LogP contribution in [0.5, 0.6) is 11.5 Å². The average molecular weight is 398 g/mol. The molecule has 0 saturated heterocycles. The number of hydrogen-bond donors (Lipinski definition) is 1. The van der Waals surface area contributed by atoms with E-state index in [2.05, 4.69) is 9.72 Å². The van der Waals surface area contributed by atoms with Crippen molar-refractivity contribution < 1.29 is 23.0 Å². The van der Waals surface area contributed by atoms with Crippen LogP contribution in [0.3, 0.4) is 0 Å². The third-order valence-electron chi connectivity index (χ3n) is 5.04. The third kappa shape index (κ3) is 3.81. The van der Waals surface area contributed by atoms with Gasteiger partial charge in [0.15, 0.2) is 11.5 Å². The molecule has 2 aromatic carbocycles. The summed E-state index contributed by atoms with van der Waals surface area (Å²) in [6.45, 7) is -1.90. The molecule has 1 aliphatic rings. The zero-order valence-corrected chi connectivity index (χ0v) is 15.8. The molecule has 5 nitrogen and oxygen atoms in total. The van der Waals surface area contributed by atoms with Crippen molar-refractivity contribution in [2.45, 2.75) is 19.6 Å². The zero-order chi connectivity index (χ0) is 20.4. The largest absolute Gasteiger partial charge is 0.493 e. The van der Waals surface area contributed by atoms with E-state index in [1.54, 1.807) is 17.0 Å². The SMILES string of the molecule is COc1cccc(C=CC(=O)N2CCc3[nH]c4ccccc4c3C2)c1OC(F)F. The Morgan fingerprint density at radius 1 is 1.21 bits per heavy atom. The van der Waals surface area contributed by atoms with Gasteiger partial charge in [0.2, 0.25) is 5.91 Å². The van der Waals surface area contributed by atoms with Crippen LogP contribution in [0.4, 0.5) is 8.78 Å². The first-order valence-corrected chi connectivity index (χ1v) is 9.24. The Kier molecular flexibility index (Phi) is 5.20. The van der Waals surface area contributed by atoms with Gasteiger partial charge in [0.1, 0.15) is 0 Å². The molecule has 0 fully saturated rings. The predicted octanol–water partition coefficient (Wildman–Crippen LogP) is 4.38. The van der Waals surface area contributed by atoms with Crippen LogP contribution in [-0.2, 0) is 17.8 Å². The molecule has 29 heavy (non-hydrogen) atoms. The topological polar surface area (TPSA) is 54.6 Å². The molecule has 4 rings (SSSR count). The molecule has 2 heterocycles. The smallest absolute Gasteiger partial charge is 0.387 e. The lowest BCUT2D eigenvalue weighted by atomic mass is 10.0. The fourth-order valence-electron chi connectivity index (χ4n) is 3.66. The van der Waals surface area contributed by atoms with Crippen LogP contribution >= 0.6 is 0 Å². The van der Waals surface area contributed by atoms with Gasteiger partial charge in [0.25, 0.3) is 0 Å². The second-order valence-corrected chi connectivity index (χ2v) is 6.73. The molecule has 7 heteroatoms. The minimum absolute atomic E-state index is 0.0911. The van der Waals surface area contributed by atoms with Crippen molar-refractivity contribution in [2.24, 2.45) is 0 Å². The molecule has 0 unspecified atom stereocenters. The van der Waals surface area contributed by atoms with Crippen LogP contribution in [0.1, 0.15) is 16.8 Å². The number of aromatic nitrogens is 1. The average Bonchev–Trinajstić information content (AvgIpc) is 3.10. The summed E-state index contributed by atoms with van der Waals surface area (Å²) in [5, 5.41) is 1.12. The van der Waals surface area contributed by atoms with Gasteiger partial charge in [-0.3, -0.25) is 4.79 Å². The maximum atomic E-state index is 12.8. The molecule has 150 valence electrons. The number of H-pyrrole nitrogens is 1. The fourth-order valence-corrected chi connectivity index (χ4v) is 3.66. The maximum absolute atomic E-state index is 12.8. The van der Waals surface area contributed by atoms with E-state index in [-0.39, 0.29) is 17.4 Å². The van der Waals surface area contributed by atoms with Crippen molar-refractivity contribution in [3.63, 3.8) is 0 Å². The summed E-state index contributed by atoms with van der Waals surface area (Å²) < 4.78 is 35.2. The summed E-state index contributed by atoms with van der Waals surface area (Å²) >= 11 is 0. The summed E-state index contributed by atoms with van der Waals surface area (Å²) in [5.74, 6) is -0.0975. The molecule has 1 N–H and O–H groups in total. The minimum Gasteiger partial charge on any atom is -0.493 e. The highest BCUT2D eigenvalue weighted by Gasteiger charge is 2.23. The number of hydrogen-bond acceptors (Lipinski definition) is 3. The number of alkyl halides is 2. The first-order valence-electron chi connectivity index (χ1n) is 9.24. The summed E-state index contributed by atoms with van der Waals surface area (Å²) in [5.41, 5.74) is 3.69. The van der Waals surface area contributed by atoms with Crippen molar-refractivity contribution >= 4 is 22.9 Å². The molecule has 1 amide bonds. The monoisotopic (exact) mass is 398 g/mol. The van der Waals surface area contributed by atoms with E-state index in [9.17, 15) is 13.6 Å². The second kappa shape index (κ2) is 7.95. The van der Waals surface area contributed by atoms with Crippen molar-refractivity contribution in [2.75, 3.05) is 13.7 Å². The van der Waals surface area contributed by atoms with E-state index in [1.165, 1.54) is 25.3 Å². The normalized spacial score (nSPS) is 13.9. The van der Waals surface area contributed by atoms with E-state index in [4.69, 9.17) is 4.74 Å². The molecule has 0 radical (unpaired) electrons. The van der Waals surface area contributed by atoms with Crippen LogP contribution in [-0.4, -0.2) is 36.1 Å². The number of aromatic amines is 1. The van der Waals surface area contributed by atoms with Gasteiger partial charge in [-0.15, -0.1) is 0 Å². The molecule has 3 aromatic rings. The first kappa shape index (κ1) is 19.0. The molecular weight excluding hydrogens is 378 g/mol. The molecular formula is C22H20F2N2O3. The highest BCUT2D eigenvalue weighted by molar-refractivity contribution is 5.93. The highest BCUT2D eigenvalue weighted by atomic mass is 19.3. The lowest BCUT2D eigenvalue weighted by Gasteiger charge is -2.26. The van der Waals surface area contributed by atoms with Gasteiger partial charge in [-0.2, -0.15) is 8.78 Å². The molecule has 1 aliphatic heterocycles. The van der Waals surface area contributed by atoms with Gasteiger partial charge in [-0.1, -0.05) is 30.3 Å². The number of ether oxygens (including phenoxy) is 2. The quantitative estimate of drug-likeness (QED) is 0.649. The number of methoxy groups -OCH3 is 1. The summed E-state index contributed by atoms with van der Waals surface area (Å²) in [7, 11) is 1.37. The van der Waals surface area contributed by atoms with E-state index >= 15 is 0 Å². The number of carbonyl (C=O) groups is 1. The van der Waals surface area contributed by atoms with Crippen molar-refractivity contribution in [1.82, 2.24) is 9.88 Å². The van der Waals surface area contributed by atoms with Gasteiger partial charge in [0.05, 0.1) is 7.11 Å². The van der Waals surface area contributed by atoms with Gasteiger partial charge in [-0.25, -0.2) is 0 Å². The standard InChI is InChI=1S/C22H20F2N2O3/c1-28-19-8-4-5-14(21(19)29-22(23)24)9-10-20(27)26-12-11-18-16(13-26)15-6-2-3-7-17(15)25-18/h2-10,22,25H,11-13H2,1H3. The number of para-hydroxylation sites is 2. The number of amides is 1. The first-order chi connectivity index (χ1) is 14.1. The number of halogens is 2. The van der Waals surface area contributed by atoms with Gasteiger partial charge >= 0.3 is 6.61 Å². The Morgan fingerprint density at radius 2 is 2.03 bits per heavy atom. The summed E-state index contributed by atoms with van der Waals surface area (Å²) in [4.78, 5) is 17.9. The fraction of sp³-hybridized carbons (Fsp3) is 0.227. The highest BCUT2D eigenvalue weighted by Crippen LogP contribution is 2.33. The number of nitrogens with zero attached hydrogens (tertiary/aromatic N) is 1. The Hall–Kier alpha value is -3.35. The van der Waals surface area contributed by atoms with Crippen LogP contribution in [0.15, 0.2) is 48.5 Å².